The van der Waals surface area contributed by atoms with Crippen molar-refractivity contribution in [2.24, 2.45) is 0 Å². The average molecular weight is 399 g/mol. The molecule has 0 bridgehead atoms. The number of amides is 2. The minimum atomic E-state index is -1.25. The molecular formula is C16H15ClN2O4S2. The maximum Gasteiger partial charge on any atom is 0.330 e. The molecule has 1 fully saturated rings. The van der Waals surface area contributed by atoms with Crippen molar-refractivity contribution in [2.75, 3.05) is 18.1 Å². The third kappa shape index (κ3) is 3.61. The van der Waals surface area contributed by atoms with Crippen molar-refractivity contribution in [3.8, 4) is 0 Å². The molecule has 1 aromatic heterocycles. The summed E-state index contributed by atoms with van der Waals surface area (Å²) in [5.41, 5.74) is -1.25. The van der Waals surface area contributed by atoms with Crippen LogP contribution >= 0.6 is 34.7 Å². The number of carboxylic acids is 1. The molecule has 3 rings (SSSR count). The fraction of sp³-hybridized carbons (Fsp3) is 0.312. The number of halogens is 1. The van der Waals surface area contributed by atoms with Gasteiger partial charge in [-0.3, -0.25) is 9.59 Å². The first-order valence-electron chi connectivity index (χ1n) is 7.50. The molecule has 3 N–H and O–H groups in total. The molecule has 1 unspecified atom stereocenters. The van der Waals surface area contributed by atoms with Crippen LogP contribution in [0.25, 0.3) is 10.1 Å². The van der Waals surface area contributed by atoms with E-state index in [9.17, 15) is 19.5 Å². The van der Waals surface area contributed by atoms with Crippen LogP contribution in [0.4, 0.5) is 0 Å². The number of carbonyl (C=O) groups is 3. The van der Waals surface area contributed by atoms with E-state index in [-0.39, 0.29) is 6.54 Å². The Kier molecular flexibility index (Phi) is 5.21. The Balaban J connectivity index is 1.64. The number of thiophene rings is 1. The Morgan fingerprint density at radius 3 is 2.68 bits per heavy atom. The summed E-state index contributed by atoms with van der Waals surface area (Å²) in [6, 6.07) is 7.38. The summed E-state index contributed by atoms with van der Waals surface area (Å²) in [4.78, 5) is 36.1. The molecule has 0 aliphatic carbocycles. The first-order valence-corrected chi connectivity index (χ1v) is 9.85. The van der Waals surface area contributed by atoms with Crippen LogP contribution < -0.4 is 10.6 Å². The summed E-state index contributed by atoms with van der Waals surface area (Å²) >= 11 is 8.96. The zero-order valence-electron chi connectivity index (χ0n) is 13.0. The van der Waals surface area contributed by atoms with Crippen LogP contribution in [0.1, 0.15) is 16.1 Å². The maximum atomic E-state index is 12.3. The van der Waals surface area contributed by atoms with Crippen molar-refractivity contribution in [3.63, 3.8) is 0 Å². The second kappa shape index (κ2) is 7.23. The average Bonchev–Trinajstić information content (AvgIpc) is 3.19. The second-order valence-corrected chi connectivity index (χ2v) is 8.20. The van der Waals surface area contributed by atoms with Gasteiger partial charge in [-0.05, 0) is 18.2 Å². The molecule has 2 aromatic rings. The zero-order valence-corrected chi connectivity index (χ0v) is 15.4. The summed E-state index contributed by atoms with van der Waals surface area (Å²) in [5.74, 6) is -1.03. The predicted molar refractivity (Wildman–Crippen MR) is 99.6 cm³/mol. The fourth-order valence-electron chi connectivity index (χ4n) is 2.60. The summed E-state index contributed by atoms with van der Waals surface area (Å²) in [7, 11) is 0. The quantitative estimate of drug-likeness (QED) is 0.718. The maximum absolute atomic E-state index is 12.3. The molecule has 1 saturated heterocycles. The van der Waals surface area contributed by atoms with E-state index in [1.807, 2.05) is 24.3 Å². The van der Waals surface area contributed by atoms with Crippen LogP contribution in [0.3, 0.4) is 0 Å². The molecule has 0 saturated carbocycles. The lowest BCUT2D eigenvalue weighted by molar-refractivity contribution is -0.146. The van der Waals surface area contributed by atoms with Crippen molar-refractivity contribution in [2.45, 2.75) is 12.0 Å². The van der Waals surface area contributed by atoms with Gasteiger partial charge in [0.1, 0.15) is 10.4 Å². The van der Waals surface area contributed by atoms with Crippen LogP contribution in [-0.4, -0.2) is 46.5 Å². The van der Waals surface area contributed by atoms with E-state index in [1.54, 1.807) is 0 Å². The van der Waals surface area contributed by atoms with Crippen LogP contribution in [0.15, 0.2) is 24.3 Å². The lowest BCUT2D eigenvalue weighted by atomic mass is 9.99. The van der Waals surface area contributed by atoms with Crippen molar-refractivity contribution in [1.82, 2.24) is 10.6 Å². The van der Waals surface area contributed by atoms with Crippen molar-refractivity contribution in [3.05, 3.63) is 34.2 Å². The van der Waals surface area contributed by atoms with E-state index in [0.717, 1.165) is 10.1 Å². The molecule has 6 nitrogen and oxygen atoms in total. The highest BCUT2D eigenvalue weighted by Gasteiger charge is 2.43. The van der Waals surface area contributed by atoms with Crippen LogP contribution in [-0.2, 0) is 9.59 Å². The zero-order chi connectivity index (χ0) is 18.0. The smallest absolute Gasteiger partial charge is 0.330 e. The van der Waals surface area contributed by atoms with Gasteiger partial charge in [-0.2, -0.15) is 11.8 Å². The van der Waals surface area contributed by atoms with Crippen molar-refractivity contribution in [1.29, 1.82) is 0 Å². The first-order chi connectivity index (χ1) is 11.9. The molecule has 9 heteroatoms. The molecule has 0 radical (unpaired) electrons. The Bertz CT molecular complexity index is 846. The molecule has 2 amide bonds. The van der Waals surface area contributed by atoms with Gasteiger partial charge in [0.05, 0.1) is 11.6 Å². The number of fused-ring (bicyclic) bond motifs is 1. The highest BCUT2D eigenvalue weighted by Crippen LogP contribution is 2.35. The summed E-state index contributed by atoms with van der Waals surface area (Å²) in [5, 5.41) is 15.5. The molecule has 1 aliphatic heterocycles. The number of aliphatic carboxylic acids is 1. The van der Waals surface area contributed by atoms with Crippen LogP contribution in [0.2, 0.25) is 5.02 Å². The molecule has 0 spiro atoms. The monoisotopic (exact) mass is 398 g/mol. The van der Waals surface area contributed by atoms with E-state index in [4.69, 9.17) is 11.6 Å². The van der Waals surface area contributed by atoms with E-state index in [0.29, 0.717) is 27.8 Å². The Labute approximate surface area is 156 Å². The SMILES string of the molecule is O=C(CNC(=O)c1sc2ccccc2c1Cl)NC1(C(=O)O)CCSC1. The number of carboxylic acid groups (broad SMARTS) is 1. The van der Waals surface area contributed by atoms with E-state index in [2.05, 4.69) is 10.6 Å². The molecule has 1 aromatic carbocycles. The number of nitrogens with one attached hydrogen (secondary N) is 2. The van der Waals surface area contributed by atoms with Gasteiger partial charge in [-0.1, -0.05) is 29.8 Å². The van der Waals surface area contributed by atoms with Crippen LogP contribution in [0.5, 0.6) is 0 Å². The number of rotatable bonds is 5. The molecule has 1 aliphatic rings. The fourth-order valence-corrected chi connectivity index (χ4v) is 5.36. The number of benzene rings is 1. The van der Waals surface area contributed by atoms with E-state index >= 15 is 0 Å². The highest BCUT2D eigenvalue weighted by molar-refractivity contribution is 7.99. The molecule has 25 heavy (non-hydrogen) atoms. The number of carbonyl (C=O) groups excluding carboxylic acids is 2. The van der Waals surface area contributed by atoms with Gasteiger partial charge in [0.2, 0.25) is 5.91 Å². The molecular weight excluding hydrogens is 384 g/mol. The van der Waals surface area contributed by atoms with Gasteiger partial charge in [-0.15, -0.1) is 11.3 Å². The number of hydrogen-bond acceptors (Lipinski definition) is 5. The number of thioether (sulfide) groups is 1. The lowest BCUT2D eigenvalue weighted by Gasteiger charge is -2.24. The van der Waals surface area contributed by atoms with Gasteiger partial charge in [0, 0.05) is 15.8 Å². The Morgan fingerprint density at radius 1 is 1.28 bits per heavy atom. The second-order valence-electron chi connectivity index (χ2n) is 5.66. The molecule has 1 atom stereocenters. The van der Waals surface area contributed by atoms with Gasteiger partial charge in [0.25, 0.3) is 5.91 Å². The predicted octanol–water partition coefficient (Wildman–Crippen LogP) is 2.36. The summed E-state index contributed by atoms with van der Waals surface area (Å²) < 4.78 is 0.884. The van der Waals surface area contributed by atoms with Crippen LogP contribution in [0, 0.1) is 0 Å². The lowest BCUT2D eigenvalue weighted by Crippen LogP contribution is -2.56. The molecule has 2 heterocycles. The topological polar surface area (TPSA) is 95.5 Å². The van der Waals surface area contributed by atoms with Gasteiger partial charge in [-0.25, -0.2) is 4.79 Å². The summed E-state index contributed by atoms with van der Waals surface area (Å²) in [6.45, 7) is -0.302. The third-order valence-electron chi connectivity index (χ3n) is 3.96. The highest BCUT2D eigenvalue weighted by atomic mass is 35.5. The van der Waals surface area contributed by atoms with Gasteiger partial charge in [0.15, 0.2) is 0 Å². The third-order valence-corrected chi connectivity index (χ3v) is 6.82. The molecule has 132 valence electrons. The minimum absolute atomic E-state index is 0.302. The minimum Gasteiger partial charge on any atom is -0.479 e. The van der Waals surface area contributed by atoms with Crippen molar-refractivity contribution < 1.29 is 19.5 Å². The normalized spacial score (nSPS) is 19.7. The van der Waals surface area contributed by atoms with Gasteiger partial charge >= 0.3 is 5.97 Å². The standard InChI is InChI=1S/C16H15ClN2O4S2/c17-12-9-3-1-2-4-10(9)25-13(12)14(21)18-7-11(20)19-16(15(22)23)5-6-24-8-16/h1-4H,5-8H2,(H,18,21)(H,19,20)(H,22,23). The largest absolute Gasteiger partial charge is 0.479 e. The summed E-state index contributed by atoms with van der Waals surface area (Å²) in [6.07, 6.45) is 0.370. The first kappa shape index (κ1) is 18.0. The number of hydrogen-bond donors (Lipinski definition) is 3. The Morgan fingerprint density at radius 2 is 2.04 bits per heavy atom. The van der Waals surface area contributed by atoms with E-state index in [1.165, 1.54) is 23.1 Å². The van der Waals surface area contributed by atoms with Crippen molar-refractivity contribution >= 4 is 62.6 Å². The Hall–Kier alpha value is -1.77. The van der Waals surface area contributed by atoms with Gasteiger partial charge < -0.3 is 15.7 Å². The van der Waals surface area contributed by atoms with E-state index < -0.39 is 23.3 Å².